The van der Waals surface area contributed by atoms with Crippen molar-refractivity contribution < 1.29 is 0 Å². The second-order valence-electron chi connectivity index (χ2n) is 0.439. The van der Waals surface area contributed by atoms with E-state index in [2.05, 4.69) is 0 Å². The molecule has 0 aromatic rings. The van der Waals surface area contributed by atoms with Crippen LogP contribution in [0.4, 0.5) is 0 Å². The van der Waals surface area contributed by atoms with Gasteiger partial charge in [0.15, 0.2) is 4.30 Å². The Bertz CT molecular complexity index is 24.0. The SMILES string of the molecule is ClC(Cl)Cl.[Cl][Sb]([Cl])[Cl]. The summed E-state index contributed by atoms with van der Waals surface area (Å²) in [4.78, 5) is 0. The summed E-state index contributed by atoms with van der Waals surface area (Å²) in [6, 6.07) is 0. The second kappa shape index (κ2) is 9.56. The van der Waals surface area contributed by atoms with Crippen LogP contribution >= 0.6 is 61.3 Å². The van der Waals surface area contributed by atoms with Crippen LogP contribution in [0.25, 0.3) is 0 Å². The van der Waals surface area contributed by atoms with E-state index in [1.165, 1.54) is 0 Å². The van der Waals surface area contributed by atoms with Crippen molar-refractivity contribution in [3.05, 3.63) is 0 Å². The molecule has 0 spiro atoms. The predicted molar refractivity (Wildman–Crippen MR) is 44.7 cm³/mol. The molecule has 0 bridgehead atoms. The normalized spacial score (nSPS) is 9.00. The Morgan fingerprint density at radius 3 is 0.875 bits per heavy atom. The summed E-state index contributed by atoms with van der Waals surface area (Å²) in [5.74, 6) is 0. The first-order valence-electron chi connectivity index (χ1n) is 1.16. The van der Waals surface area contributed by atoms with Crippen molar-refractivity contribution in [3.63, 3.8) is 0 Å². The van der Waals surface area contributed by atoms with Gasteiger partial charge < -0.3 is 0 Å². The molecule has 0 rings (SSSR count). The molecule has 8 heavy (non-hydrogen) atoms. The zero-order chi connectivity index (χ0) is 7.15. The van der Waals surface area contributed by atoms with Gasteiger partial charge in [0, 0.05) is 0 Å². The summed E-state index contributed by atoms with van der Waals surface area (Å²) in [5.41, 5.74) is 0. The quantitative estimate of drug-likeness (QED) is 0.463. The molecule has 0 aliphatic heterocycles. The van der Waals surface area contributed by atoms with Crippen molar-refractivity contribution in [2.75, 3.05) is 0 Å². The second-order valence-corrected chi connectivity index (χ2v) is 13.8. The fourth-order valence-electron chi connectivity index (χ4n) is 0. The van der Waals surface area contributed by atoms with Gasteiger partial charge >= 0.3 is 43.3 Å². The molecule has 0 saturated carbocycles. The molecule has 0 aromatic heterocycles. The Morgan fingerprint density at radius 1 is 0.875 bits per heavy atom. The summed E-state index contributed by atoms with van der Waals surface area (Å²) < 4.78 is -0.750. The summed E-state index contributed by atoms with van der Waals surface area (Å²) in [7, 11) is 15.0. The molecule has 0 atom stereocenters. The van der Waals surface area contributed by atoms with E-state index < -0.39 is 21.1 Å². The molecule has 0 aliphatic rings. The molecule has 0 amide bonds. The fraction of sp³-hybridized carbons (Fsp3) is 1.00. The molecule has 0 aliphatic carbocycles. The number of hydrogen-bond donors (Lipinski definition) is 0. The summed E-state index contributed by atoms with van der Waals surface area (Å²) in [6.45, 7) is 0. The first-order valence-corrected chi connectivity index (χ1v) is 12.2. The Hall–Kier alpha value is 2.56. The van der Waals surface area contributed by atoms with Gasteiger partial charge in [0.25, 0.3) is 0 Å². The van der Waals surface area contributed by atoms with Gasteiger partial charge in [-0.25, -0.2) is 0 Å². The van der Waals surface area contributed by atoms with E-state index in [-0.39, 0.29) is 0 Å². The van der Waals surface area contributed by atoms with Gasteiger partial charge in [-0.15, -0.1) is 0 Å². The number of hydrogen-bond acceptors (Lipinski definition) is 0. The van der Waals surface area contributed by atoms with Gasteiger partial charge in [0.2, 0.25) is 0 Å². The van der Waals surface area contributed by atoms with E-state index in [4.69, 9.17) is 61.3 Å². The third kappa shape index (κ3) is 74.7. The van der Waals surface area contributed by atoms with Crippen LogP contribution in [0.15, 0.2) is 0 Å². The van der Waals surface area contributed by atoms with Gasteiger partial charge in [-0.3, -0.25) is 0 Å². The van der Waals surface area contributed by atoms with Gasteiger partial charge in [-0.1, -0.05) is 34.8 Å². The average molecular weight is 347 g/mol. The molecule has 0 aromatic carbocycles. The zero-order valence-corrected chi connectivity index (χ0v) is 10.4. The third-order valence-corrected chi connectivity index (χ3v) is 0. The van der Waals surface area contributed by atoms with E-state index in [9.17, 15) is 0 Å². The first-order chi connectivity index (χ1) is 3.46. The Morgan fingerprint density at radius 2 is 0.875 bits per heavy atom. The number of rotatable bonds is 0. The van der Waals surface area contributed by atoms with Crippen LogP contribution in [0.2, 0.25) is 0 Å². The van der Waals surface area contributed by atoms with Crippen molar-refractivity contribution in [1.82, 2.24) is 0 Å². The van der Waals surface area contributed by atoms with Crippen LogP contribution < -0.4 is 0 Å². The van der Waals surface area contributed by atoms with Gasteiger partial charge in [0.1, 0.15) is 0 Å². The van der Waals surface area contributed by atoms with Crippen molar-refractivity contribution in [2.45, 2.75) is 4.30 Å². The minimum atomic E-state index is -2.03. The van der Waals surface area contributed by atoms with Crippen molar-refractivity contribution in [1.29, 1.82) is 0 Å². The van der Waals surface area contributed by atoms with Crippen LogP contribution in [-0.4, -0.2) is 21.1 Å². The van der Waals surface area contributed by atoms with E-state index in [0.29, 0.717) is 0 Å². The van der Waals surface area contributed by atoms with Crippen molar-refractivity contribution in [2.24, 2.45) is 0 Å². The standard InChI is InChI=1S/CHCl3.3ClH.Sb/c2-1(3)4;;;;/h1H;3*1H;/q;;;;+3/p-3. The molecule has 0 radical (unpaired) electrons. The molecule has 0 N–H and O–H groups in total. The molecular formula is CHCl6Sb. The minimum absolute atomic E-state index is 0.750. The zero-order valence-electron chi connectivity index (χ0n) is 3.29. The third-order valence-electron chi connectivity index (χ3n) is 0. The van der Waals surface area contributed by atoms with Crippen LogP contribution in [0.1, 0.15) is 0 Å². The van der Waals surface area contributed by atoms with E-state index in [0.717, 1.165) is 0 Å². The van der Waals surface area contributed by atoms with E-state index >= 15 is 0 Å². The van der Waals surface area contributed by atoms with E-state index in [1.807, 2.05) is 0 Å². The van der Waals surface area contributed by atoms with Crippen molar-refractivity contribution in [3.8, 4) is 0 Å². The number of alkyl halides is 3. The monoisotopic (exact) mass is 344 g/mol. The summed E-state index contributed by atoms with van der Waals surface area (Å²) in [5, 5.41) is 0. The van der Waals surface area contributed by atoms with Gasteiger partial charge in [0.05, 0.1) is 0 Å². The van der Waals surface area contributed by atoms with Gasteiger partial charge in [-0.2, -0.15) is 0 Å². The van der Waals surface area contributed by atoms with E-state index in [1.54, 1.807) is 0 Å². The molecular weight excluding hydrogens is 346 g/mol. The van der Waals surface area contributed by atoms with Crippen molar-refractivity contribution >= 4 is 78.1 Å². The Labute approximate surface area is 81.3 Å². The molecule has 52 valence electrons. The molecule has 0 saturated heterocycles. The fourth-order valence-corrected chi connectivity index (χ4v) is 0. The molecule has 0 nitrogen and oxygen atoms in total. The van der Waals surface area contributed by atoms with Crippen LogP contribution in [0.3, 0.4) is 0 Å². The molecule has 7 heteroatoms. The maximum absolute atomic E-state index is 4.99. The molecule has 0 heterocycles. The Balaban J connectivity index is 0. The first kappa shape index (κ1) is 13.2. The Kier molecular flexibility index (Phi) is 15.7. The summed E-state index contributed by atoms with van der Waals surface area (Å²) >= 11 is 12.4. The number of halogens is 6. The average Bonchev–Trinajstić information content (AvgIpc) is 1.25. The van der Waals surface area contributed by atoms with Crippen LogP contribution in [0.5, 0.6) is 0 Å². The van der Waals surface area contributed by atoms with Crippen LogP contribution in [0, 0.1) is 0 Å². The molecule has 0 fully saturated rings. The maximum atomic E-state index is 4.99. The molecule has 0 unspecified atom stereocenters. The summed E-state index contributed by atoms with van der Waals surface area (Å²) in [6.07, 6.45) is 0. The topological polar surface area (TPSA) is 0 Å². The predicted octanol–water partition coefficient (Wildman–Crippen LogP) is 3.67. The van der Waals surface area contributed by atoms with Crippen LogP contribution in [-0.2, 0) is 0 Å². The van der Waals surface area contributed by atoms with Gasteiger partial charge in [-0.05, 0) is 0 Å².